The van der Waals surface area contributed by atoms with Crippen molar-refractivity contribution in [3.63, 3.8) is 0 Å². The molecule has 3 nitrogen and oxygen atoms in total. The van der Waals surface area contributed by atoms with Crippen LogP contribution in [-0.2, 0) is 4.79 Å². The highest BCUT2D eigenvalue weighted by atomic mass is 19.3. The summed E-state index contributed by atoms with van der Waals surface area (Å²) in [6.45, 7) is 2.73. The third kappa shape index (κ3) is 3.18. The van der Waals surface area contributed by atoms with E-state index in [2.05, 4.69) is 5.32 Å². The lowest BCUT2D eigenvalue weighted by molar-refractivity contribution is -0.132. The molecule has 0 saturated carbocycles. The van der Waals surface area contributed by atoms with Gasteiger partial charge in [0.05, 0.1) is 12.6 Å². The number of amides is 1. The fraction of sp³-hybridized carbons (Fsp3) is 0.500. The molecule has 1 aromatic rings. The first-order valence-electron chi connectivity index (χ1n) is 6.61. The molecular formula is C14H16F4N2O. The Hall–Kier alpha value is -1.63. The van der Waals surface area contributed by atoms with Crippen molar-refractivity contribution < 1.29 is 22.4 Å². The molecule has 1 fully saturated rings. The number of hydrogen-bond donors (Lipinski definition) is 1. The van der Waals surface area contributed by atoms with Crippen LogP contribution in [0.2, 0.25) is 0 Å². The largest absolute Gasteiger partial charge is 0.316 e. The van der Waals surface area contributed by atoms with Gasteiger partial charge in [0.2, 0.25) is 5.91 Å². The third-order valence-electron chi connectivity index (χ3n) is 3.46. The van der Waals surface area contributed by atoms with Crippen molar-refractivity contribution in [3.05, 3.63) is 35.4 Å². The molecule has 7 heteroatoms. The van der Waals surface area contributed by atoms with Gasteiger partial charge in [-0.25, -0.2) is 17.6 Å². The van der Waals surface area contributed by atoms with E-state index in [1.165, 1.54) is 0 Å². The van der Waals surface area contributed by atoms with Crippen molar-refractivity contribution >= 4 is 5.91 Å². The van der Waals surface area contributed by atoms with E-state index in [-0.39, 0.29) is 11.5 Å². The van der Waals surface area contributed by atoms with E-state index in [1.54, 1.807) is 13.8 Å². The number of carbonyl (C=O) groups excluding carboxylic acids is 1. The van der Waals surface area contributed by atoms with Gasteiger partial charge < -0.3 is 4.90 Å². The first-order chi connectivity index (χ1) is 9.81. The van der Waals surface area contributed by atoms with Crippen molar-refractivity contribution in [2.24, 2.45) is 5.92 Å². The average molecular weight is 304 g/mol. The van der Waals surface area contributed by atoms with Crippen LogP contribution in [0.4, 0.5) is 17.6 Å². The maximum absolute atomic E-state index is 13.9. The Balaban J connectivity index is 2.36. The molecule has 1 aliphatic heterocycles. The highest BCUT2D eigenvalue weighted by Gasteiger charge is 2.42. The summed E-state index contributed by atoms with van der Waals surface area (Å²) in [6.07, 6.45) is -3.74. The maximum atomic E-state index is 13.9. The number of hydrogen-bond acceptors (Lipinski definition) is 2. The van der Waals surface area contributed by atoms with E-state index >= 15 is 0 Å². The zero-order valence-electron chi connectivity index (χ0n) is 11.6. The van der Waals surface area contributed by atoms with Gasteiger partial charge in [0.1, 0.15) is 17.8 Å². The van der Waals surface area contributed by atoms with Gasteiger partial charge in [-0.05, 0) is 18.1 Å². The van der Waals surface area contributed by atoms with Gasteiger partial charge in [0.15, 0.2) is 0 Å². The summed E-state index contributed by atoms with van der Waals surface area (Å²) in [5, 5.41) is 2.85. The lowest BCUT2D eigenvalue weighted by Gasteiger charge is -2.24. The summed E-state index contributed by atoms with van der Waals surface area (Å²) >= 11 is 0. The van der Waals surface area contributed by atoms with Gasteiger partial charge >= 0.3 is 0 Å². The smallest absolute Gasteiger partial charge is 0.255 e. The molecule has 1 heterocycles. The highest BCUT2D eigenvalue weighted by molar-refractivity contribution is 5.84. The van der Waals surface area contributed by atoms with Gasteiger partial charge in [-0.15, -0.1) is 0 Å². The van der Waals surface area contributed by atoms with E-state index in [0.29, 0.717) is 6.07 Å². The predicted molar refractivity (Wildman–Crippen MR) is 68.6 cm³/mol. The fourth-order valence-corrected chi connectivity index (χ4v) is 2.44. The van der Waals surface area contributed by atoms with Crippen molar-refractivity contribution in [1.29, 1.82) is 0 Å². The zero-order valence-corrected chi connectivity index (χ0v) is 11.6. The first kappa shape index (κ1) is 15.8. The number of rotatable bonds is 4. The summed E-state index contributed by atoms with van der Waals surface area (Å²) in [4.78, 5) is 13.1. The second-order valence-corrected chi connectivity index (χ2v) is 5.34. The molecule has 1 aromatic carbocycles. The SMILES string of the molecule is CC(C)C1NC(c2ccc(F)cc2F)N(CC(F)F)C1=O. The molecule has 0 aromatic heterocycles. The van der Waals surface area contributed by atoms with Gasteiger partial charge in [0.25, 0.3) is 6.43 Å². The van der Waals surface area contributed by atoms with Crippen LogP contribution in [0.3, 0.4) is 0 Å². The molecule has 21 heavy (non-hydrogen) atoms. The van der Waals surface area contributed by atoms with E-state index < -0.39 is 42.7 Å². The van der Waals surface area contributed by atoms with Crippen molar-refractivity contribution in [2.45, 2.75) is 32.5 Å². The molecule has 2 unspecified atom stereocenters. The predicted octanol–water partition coefficient (Wildman–Crippen LogP) is 2.68. The Bertz CT molecular complexity index is 536. The maximum Gasteiger partial charge on any atom is 0.255 e. The van der Waals surface area contributed by atoms with Crippen LogP contribution in [0.15, 0.2) is 18.2 Å². The van der Waals surface area contributed by atoms with Crippen LogP contribution in [0.25, 0.3) is 0 Å². The Labute approximate surface area is 119 Å². The normalized spacial score (nSPS) is 22.7. The third-order valence-corrected chi connectivity index (χ3v) is 3.46. The van der Waals surface area contributed by atoms with Crippen molar-refractivity contribution in [1.82, 2.24) is 10.2 Å². The lowest BCUT2D eigenvalue weighted by Crippen LogP contribution is -2.36. The second-order valence-electron chi connectivity index (χ2n) is 5.34. The quantitative estimate of drug-likeness (QED) is 0.868. The minimum absolute atomic E-state index is 0.0199. The molecule has 0 bridgehead atoms. The van der Waals surface area contributed by atoms with Crippen molar-refractivity contribution in [3.8, 4) is 0 Å². The van der Waals surface area contributed by atoms with Gasteiger partial charge in [-0.3, -0.25) is 10.1 Å². The molecule has 0 radical (unpaired) electrons. The second kappa shape index (κ2) is 6.01. The van der Waals surface area contributed by atoms with Gasteiger partial charge in [0, 0.05) is 11.6 Å². The molecule has 1 saturated heterocycles. The average Bonchev–Trinajstić information content (AvgIpc) is 2.67. The molecule has 1 aliphatic rings. The lowest BCUT2D eigenvalue weighted by atomic mass is 10.1. The Morgan fingerprint density at radius 1 is 1.29 bits per heavy atom. The van der Waals surface area contributed by atoms with Crippen LogP contribution in [-0.4, -0.2) is 29.8 Å². The zero-order chi connectivity index (χ0) is 15.7. The molecule has 0 aliphatic carbocycles. The fourth-order valence-electron chi connectivity index (χ4n) is 2.44. The molecular weight excluding hydrogens is 288 g/mol. The van der Waals surface area contributed by atoms with Crippen LogP contribution in [0, 0.1) is 17.6 Å². The standard InChI is InChI=1S/C14H16F4N2O/c1-7(2)12-14(21)20(6-11(17)18)13(19-12)9-4-3-8(15)5-10(9)16/h3-5,7,11-13,19H,6H2,1-2H3. The van der Waals surface area contributed by atoms with E-state index in [1.807, 2.05) is 0 Å². The van der Waals surface area contributed by atoms with Crippen LogP contribution < -0.4 is 5.32 Å². The number of halogens is 4. The molecule has 2 rings (SSSR count). The number of alkyl halides is 2. The van der Waals surface area contributed by atoms with Crippen LogP contribution in [0.5, 0.6) is 0 Å². The number of nitrogens with zero attached hydrogens (tertiary/aromatic N) is 1. The van der Waals surface area contributed by atoms with Crippen LogP contribution in [0.1, 0.15) is 25.6 Å². The number of carbonyl (C=O) groups is 1. The van der Waals surface area contributed by atoms with Crippen molar-refractivity contribution in [2.75, 3.05) is 6.54 Å². The number of nitrogens with one attached hydrogen (secondary N) is 1. The summed E-state index contributed by atoms with van der Waals surface area (Å²) < 4.78 is 52.2. The minimum atomic E-state index is -2.73. The molecule has 1 amide bonds. The molecule has 116 valence electrons. The molecule has 2 atom stereocenters. The van der Waals surface area contributed by atoms with E-state index in [0.717, 1.165) is 17.0 Å². The highest BCUT2D eigenvalue weighted by Crippen LogP contribution is 2.30. The van der Waals surface area contributed by atoms with E-state index in [4.69, 9.17) is 0 Å². The van der Waals surface area contributed by atoms with E-state index in [9.17, 15) is 22.4 Å². The first-order valence-corrected chi connectivity index (χ1v) is 6.61. The summed E-state index contributed by atoms with van der Waals surface area (Å²) in [5.74, 6) is -2.27. The Morgan fingerprint density at radius 2 is 1.95 bits per heavy atom. The molecule has 1 N–H and O–H groups in total. The Kier molecular flexibility index (Phi) is 4.51. The Morgan fingerprint density at radius 3 is 2.48 bits per heavy atom. The topological polar surface area (TPSA) is 32.3 Å². The minimum Gasteiger partial charge on any atom is -0.316 e. The van der Waals surface area contributed by atoms with Gasteiger partial charge in [-0.2, -0.15) is 0 Å². The summed E-state index contributed by atoms with van der Waals surface area (Å²) in [7, 11) is 0. The van der Waals surface area contributed by atoms with Gasteiger partial charge in [-0.1, -0.05) is 13.8 Å². The summed E-state index contributed by atoms with van der Waals surface area (Å²) in [5.41, 5.74) is -0.0199. The summed E-state index contributed by atoms with van der Waals surface area (Å²) in [6, 6.07) is 2.20. The number of benzene rings is 1. The molecule has 0 spiro atoms. The monoisotopic (exact) mass is 304 g/mol. The van der Waals surface area contributed by atoms with Crippen LogP contribution >= 0.6 is 0 Å².